The van der Waals surface area contributed by atoms with Gasteiger partial charge in [-0.3, -0.25) is 0 Å². The van der Waals surface area contributed by atoms with Crippen molar-refractivity contribution in [3.63, 3.8) is 0 Å². The molecule has 34 heavy (non-hydrogen) atoms. The molecule has 3 aromatic rings. The van der Waals surface area contributed by atoms with E-state index in [1.807, 2.05) is 20.8 Å². The van der Waals surface area contributed by atoms with Crippen LogP contribution in [0.5, 0.6) is 0 Å². The Kier molecular flexibility index (Phi) is 6.77. The van der Waals surface area contributed by atoms with Crippen LogP contribution >= 0.6 is 23.2 Å². The SMILES string of the molecule is CC(C)(C)OC(=O)N1CCCN(c2c(Cl)ccc3c2ccn3S(=O)(=O)c2cccc(Cl)c2)CC1. The second-order valence-corrected chi connectivity index (χ2v) is 11.9. The van der Waals surface area contributed by atoms with Crippen molar-refractivity contribution in [2.45, 2.75) is 37.7 Å². The van der Waals surface area contributed by atoms with Crippen LogP contribution in [0.25, 0.3) is 10.9 Å². The number of halogens is 2. The molecular formula is C24H27Cl2N3O4S. The summed E-state index contributed by atoms with van der Waals surface area (Å²) < 4.78 is 33.4. The van der Waals surface area contributed by atoms with Gasteiger partial charge in [-0.2, -0.15) is 0 Å². The molecule has 2 aromatic carbocycles. The Morgan fingerprint density at radius 2 is 1.76 bits per heavy atom. The molecule has 1 saturated heterocycles. The predicted octanol–water partition coefficient (Wildman–Crippen LogP) is 5.63. The number of fused-ring (bicyclic) bond motifs is 1. The van der Waals surface area contributed by atoms with Gasteiger partial charge in [0, 0.05) is 42.8 Å². The molecule has 1 aliphatic heterocycles. The maximum Gasteiger partial charge on any atom is 0.410 e. The highest BCUT2D eigenvalue weighted by atomic mass is 35.5. The van der Waals surface area contributed by atoms with Crippen LogP contribution in [-0.4, -0.2) is 55.2 Å². The summed E-state index contributed by atoms with van der Waals surface area (Å²) in [4.78, 5) is 16.5. The van der Waals surface area contributed by atoms with Crippen molar-refractivity contribution in [3.8, 4) is 0 Å². The average molecular weight is 524 g/mol. The number of benzene rings is 2. The predicted molar refractivity (Wildman–Crippen MR) is 136 cm³/mol. The summed E-state index contributed by atoms with van der Waals surface area (Å²) >= 11 is 12.6. The van der Waals surface area contributed by atoms with Gasteiger partial charge in [-0.1, -0.05) is 29.3 Å². The van der Waals surface area contributed by atoms with E-state index in [9.17, 15) is 13.2 Å². The zero-order valence-corrected chi connectivity index (χ0v) is 21.6. The Hall–Kier alpha value is -2.42. The lowest BCUT2D eigenvalue weighted by Gasteiger charge is -2.27. The first-order valence-electron chi connectivity index (χ1n) is 11.0. The number of hydrogen-bond acceptors (Lipinski definition) is 5. The molecule has 0 spiro atoms. The van der Waals surface area contributed by atoms with Gasteiger partial charge in [0.1, 0.15) is 5.60 Å². The van der Waals surface area contributed by atoms with Gasteiger partial charge in [0.05, 0.1) is 21.1 Å². The van der Waals surface area contributed by atoms with Crippen molar-refractivity contribution >= 4 is 55.9 Å². The summed E-state index contributed by atoms with van der Waals surface area (Å²) in [7, 11) is -3.85. The van der Waals surface area contributed by atoms with Gasteiger partial charge in [0.2, 0.25) is 0 Å². The molecule has 10 heteroatoms. The lowest BCUT2D eigenvalue weighted by atomic mass is 10.2. The van der Waals surface area contributed by atoms with Gasteiger partial charge in [-0.05, 0) is 63.6 Å². The Labute approximate surface area is 209 Å². The molecule has 1 fully saturated rings. The highest BCUT2D eigenvalue weighted by Crippen LogP contribution is 2.37. The second kappa shape index (κ2) is 9.32. The molecule has 0 saturated carbocycles. The fourth-order valence-electron chi connectivity index (χ4n) is 4.07. The van der Waals surface area contributed by atoms with E-state index in [4.69, 9.17) is 27.9 Å². The van der Waals surface area contributed by atoms with E-state index in [1.165, 1.54) is 22.3 Å². The Bertz CT molecular complexity index is 1330. The first-order valence-corrected chi connectivity index (χ1v) is 13.2. The van der Waals surface area contributed by atoms with E-state index in [-0.39, 0.29) is 11.0 Å². The van der Waals surface area contributed by atoms with Gasteiger partial charge in [-0.25, -0.2) is 17.2 Å². The van der Waals surface area contributed by atoms with E-state index in [2.05, 4.69) is 4.90 Å². The van der Waals surface area contributed by atoms with Crippen LogP contribution < -0.4 is 4.90 Å². The normalized spacial score (nSPS) is 15.4. The molecule has 182 valence electrons. The monoisotopic (exact) mass is 523 g/mol. The van der Waals surface area contributed by atoms with Gasteiger partial charge < -0.3 is 14.5 Å². The number of carbonyl (C=O) groups is 1. The number of hydrogen-bond donors (Lipinski definition) is 0. The molecule has 1 aromatic heterocycles. The number of anilines is 1. The molecule has 4 rings (SSSR count). The summed E-state index contributed by atoms with van der Waals surface area (Å²) in [6, 6.07) is 11.4. The highest BCUT2D eigenvalue weighted by Gasteiger charge is 2.27. The molecule has 1 aliphatic rings. The maximum atomic E-state index is 13.3. The number of ether oxygens (including phenoxy) is 1. The Morgan fingerprint density at radius 3 is 2.47 bits per heavy atom. The summed E-state index contributed by atoms with van der Waals surface area (Å²) in [5.74, 6) is 0. The quantitative estimate of drug-likeness (QED) is 0.444. The van der Waals surface area contributed by atoms with Crippen molar-refractivity contribution in [1.82, 2.24) is 8.87 Å². The molecule has 7 nitrogen and oxygen atoms in total. The number of carbonyl (C=O) groups excluding carboxylic acids is 1. The standard InChI is InChI=1S/C24H27Cl2N3O4S/c1-24(2,3)33-23(30)28-12-5-11-27(14-15-28)22-19-10-13-29(21(19)9-8-20(22)26)34(31,32)18-7-4-6-17(25)16-18/h4,6-10,13,16H,5,11-12,14-15H2,1-3H3. The minimum atomic E-state index is -3.85. The molecule has 1 amide bonds. The zero-order valence-electron chi connectivity index (χ0n) is 19.3. The van der Waals surface area contributed by atoms with E-state index in [0.717, 1.165) is 17.5 Å². The van der Waals surface area contributed by atoms with E-state index >= 15 is 0 Å². The lowest BCUT2D eigenvalue weighted by Crippen LogP contribution is -2.39. The third-order valence-electron chi connectivity index (χ3n) is 5.58. The zero-order chi connectivity index (χ0) is 24.7. The third-order valence-corrected chi connectivity index (χ3v) is 7.80. The van der Waals surface area contributed by atoms with Crippen LogP contribution in [0.3, 0.4) is 0 Å². The van der Waals surface area contributed by atoms with Crippen molar-refractivity contribution in [2.75, 3.05) is 31.1 Å². The van der Waals surface area contributed by atoms with Crippen molar-refractivity contribution in [3.05, 3.63) is 58.7 Å². The van der Waals surface area contributed by atoms with Crippen LogP contribution in [0.2, 0.25) is 10.0 Å². The highest BCUT2D eigenvalue weighted by molar-refractivity contribution is 7.90. The topological polar surface area (TPSA) is 71.8 Å². The first kappa shape index (κ1) is 24.7. The summed E-state index contributed by atoms with van der Waals surface area (Å²) in [5, 5.41) is 1.60. The smallest absolute Gasteiger partial charge is 0.410 e. The molecule has 2 heterocycles. The molecular weight excluding hydrogens is 497 g/mol. The van der Waals surface area contributed by atoms with Crippen molar-refractivity contribution in [1.29, 1.82) is 0 Å². The molecule has 0 N–H and O–H groups in total. The van der Waals surface area contributed by atoms with Crippen LogP contribution in [0.15, 0.2) is 53.6 Å². The fraction of sp³-hybridized carbons (Fsp3) is 0.375. The average Bonchev–Trinajstić information content (AvgIpc) is 3.03. The number of amides is 1. The summed E-state index contributed by atoms with van der Waals surface area (Å²) in [6.07, 6.45) is 1.93. The van der Waals surface area contributed by atoms with Crippen molar-refractivity contribution in [2.24, 2.45) is 0 Å². The second-order valence-electron chi connectivity index (χ2n) is 9.21. The molecule has 0 atom stereocenters. The lowest BCUT2D eigenvalue weighted by molar-refractivity contribution is 0.0263. The summed E-state index contributed by atoms with van der Waals surface area (Å²) in [5.41, 5.74) is 0.716. The molecule has 0 aliphatic carbocycles. The first-order chi connectivity index (χ1) is 16.0. The van der Waals surface area contributed by atoms with E-state index < -0.39 is 15.6 Å². The van der Waals surface area contributed by atoms with Crippen molar-refractivity contribution < 1.29 is 17.9 Å². The Morgan fingerprint density at radius 1 is 1.00 bits per heavy atom. The van der Waals surface area contributed by atoms with Gasteiger partial charge in [0.15, 0.2) is 0 Å². The fourth-order valence-corrected chi connectivity index (χ4v) is 6.00. The number of aromatic nitrogens is 1. The third kappa shape index (κ3) is 4.99. The van der Waals surface area contributed by atoms with Crippen LogP contribution in [0, 0.1) is 0 Å². The van der Waals surface area contributed by atoms with E-state index in [0.29, 0.717) is 41.7 Å². The maximum absolute atomic E-state index is 13.3. The number of rotatable bonds is 3. The van der Waals surface area contributed by atoms with Crippen LogP contribution in [0.4, 0.5) is 10.5 Å². The number of nitrogens with zero attached hydrogens (tertiary/aromatic N) is 3. The summed E-state index contributed by atoms with van der Waals surface area (Å²) in [6.45, 7) is 7.80. The van der Waals surface area contributed by atoms with Gasteiger partial charge in [0.25, 0.3) is 10.0 Å². The largest absolute Gasteiger partial charge is 0.444 e. The van der Waals surface area contributed by atoms with Gasteiger partial charge >= 0.3 is 6.09 Å². The molecule has 0 radical (unpaired) electrons. The Balaban J connectivity index is 1.66. The molecule has 0 bridgehead atoms. The minimum Gasteiger partial charge on any atom is -0.444 e. The van der Waals surface area contributed by atoms with Crippen LogP contribution in [0.1, 0.15) is 27.2 Å². The van der Waals surface area contributed by atoms with E-state index in [1.54, 1.807) is 35.2 Å². The van der Waals surface area contributed by atoms with Crippen LogP contribution in [-0.2, 0) is 14.8 Å². The molecule has 0 unspecified atom stereocenters. The van der Waals surface area contributed by atoms with Gasteiger partial charge in [-0.15, -0.1) is 0 Å². The minimum absolute atomic E-state index is 0.108.